The summed E-state index contributed by atoms with van der Waals surface area (Å²) in [6, 6.07) is 11.3. The van der Waals surface area contributed by atoms with E-state index in [-0.39, 0.29) is 17.4 Å². The highest BCUT2D eigenvalue weighted by Crippen LogP contribution is 2.26. The average molecular weight is 272 g/mol. The van der Waals surface area contributed by atoms with Gasteiger partial charge in [-0.1, -0.05) is 12.1 Å². The predicted octanol–water partition coefficient (Wildman–Crippen LogP) is 1.83. The van der Waals surface area contributed by atoms with Crippen LogP contribution < -0.4 is 10.6 Å². The summed E-state index contributed by atoms with van der Waals surface area (Å²) in [4.78, 5) is 13.7. The quantitative estimate of drug-likeness (QED) is 0.744. The number of carbonyl (C=O) groups excluding carboxylic acids is 1. The molecule has 0 aliphatic carbocycles. The number of anilines is 1. The highest BCUT2D eigenvalue weighted by Gasteiger charge is 2.15. The Morgan fingerprint density at radius 2 is 1.75 bits per heavy atom. The van der Waals surface area contributed by atoms with Crippen LogP contribution in [0.15, 0.2) is 42.5 Å². The molecule has 0 aromatic heterocycles. The summed E-state index contributed by atoms with van der Waals surface area (Å²) in [5, 5.41) is 18.7. The standard InChI is InChI=1S/C15H16N2O3/c1-17(12-5-2-10(9-16)3-6-12)15(20)11-4-7-13(18)14(19)8-11/h2-8,18-19H,9,16H2,1H3. The molecule has 104 valence electrons. The second-order valence-corrected chi connectivity index (χ2v) is 4.44. The van der Waals surface area contributed by atoms with Gasteiger partial charge < -0.3 is 20.8 Å². The fourth-order valence-electron chi connectivity index (χ4n) is 1.82. The third kappa shape index (κ3) is 2.73. The van der Waals surface area contributed by atoms with Gasteiger partial charge >= 0.3 is 0 Å². The molecule has 0 unspecified atom stereocenters. The zero-order valence-corrected chi connectivity index (χ0v) is 11.1. The molecule has 2 rings (SSSR count). The van der Waals surface area contributed by atoms with E-state index in [1.54, 1.807) is 19.2 Å². The molecule has 0 saturated heterocycles. The number of hydrogen-bond acceptors (Lipinski definition) is 4. The molecule has 0 aliphatic rings. The first-order valence-corrected chi connectivity index (χ1v) is 6.12. The zero-order valence-electron chi connectivity index (χ0n) is 11.1. The molecule has 0 bridgehead atoms. The first-order valence-electron chi connectivity index (χ1n) is 6.12. The molecule has 2 aromatic rings. The molecule has 1 amide bonds. The number of benzene rings is 2. The van der Waals surface area contributed by atoms with Crippen molar-refractivity contribution in [3.63, 3.8) is 0 Å². The summed E-state index contributed by atoms with van der Waals surface area (Å²) in [5.74, 6) is -0.847. The normalized spacial score (nSPS) is 10.3. The Morgan fingerprint density at radius 3 is 2.30 bits per heavy atom. The molecule has 2 aromatic carbocycles. The Morgan fingerprint density at radius 1 is 1.10 bits per heavy atom. The van der Waals surface area contributed by atoms with Crippen molar-refractivity contribution in [2.45, 2.75) is 6.54 Å². The van der Waals surface area contributed by atoms with Crippen LogP contribution in [0.1, 0.15) is 15.9 Å². The summed E-state index contributed by atoms with van der Waals surface area (Å²) in [5.41, 5.74) is 7.53. The average Bonchev–Trinajstić information content (AvgIpc) is 2.48. The Balaban J connectivity index is 2.24. The van der Waals surface area contributed by atoms with Crippen molar-refractivity contribution < 1.29 is 15.0 Å². The molecule has 0 aliphatic heterocycles. The first kappa shape index (κ1) is 13.9. The fraction of sp³-hybridized carbons (Fsp3) is 0.133. The molecule has 0 atom stereocenters. The van der Waals surface area contributed by atoms with E-state index in [0.29, 0.717) is 12.1 Å². The van der Waals surface area contributed by atoms with Crippen LogP contribution in [0.2, 0.25) is 0 Å². The number of phenols is 2. The molecule has 20 heavy (non-hydrogen) atoms. The van der Waals surface area contributed by atoms with Crippen LogP contribution >= 0.6 is 0 Å². The van der Waals surface area contributed by atoms with Crippen LogP contribution in [0.4, 0.5) is 5.69 Å². The predicted molar refractivity (Wildman–Crippen MR) is 76.8 cm³/mol. The Kier molecular flexibility index (Phi) is 3.91. The van der Waals surface area contributed by atoms with Gasteiger partial charge in [0.1, 0.15) is 0 Å². The van der Waals surface area contributed by atoms with Crippen LogP contribution in [-0.4, -0.2) is 23.2 Å². The Labute approximate surface area is 116 Å². The van der Waals surface area contributed by atoms with Gasteiger partial charge in [-0.3, -0.25) is 4.79 Å². The van der Waals surface area contributed by atoms with Crippen molar-refractivity contribution in [3.05, 3.63) is 53.6 Å². The highest BCUT2D eigenvalue weighted by atomic mass is 16.3. The van der Waals surface area contributed by atoms with E-state index in [2.05, 4.69) is 0 Å². The molecule has 0 heterocycles. The third-order valence-corrected chi connectivity index (χ3v) is 3.09. The molecule has 0 radical (unpaired) electrons. The monoisotopic (exact) mass is 272 g/mol. The lowest BCUT2D eigenvalue weighted by atomic mass is 10.1. The van der Waals surface area contributed by atoms with Gasteiger partial charge in [0, 0.05) is 24.8 Å². The Bertz CT molecular complexity index is 624. The van der Waals surface area contributed by atoms with Crippen molar-refractivity contribution in [3.8, 4) is 11.5 Å². The summed E-state index contributed by atoms with van der Waals surface area (Å²) in [6.07, 6.45) is 0. The van der Waals surface area contributed by atoms with Gasteiger partial charge in [0.15, 0.2) is 11.5 Å². The molecule has 0 fully saturated rings. The van der Waals surface area contributed by atoms with Crippen LogP contribution in [-0.2, 0) is 6.54 Å². The van der Waals surface area contributed by atoms with Crippen LogP contribution in [0.5, 0.6) is 11.5 Å². The van der Waals surface area contributed by atoms with Crippen molar-refractivity contribution in [2.24, 2.45) is 5.73 Å². The number of nitrogens with zero attached hydrogens (tertiary/aromatic N) is 1. The second-order valence-electron chi connectivity index (χ2n) is 4.44. The molecule has 4 N–H and O–H groups in total. The van der Waals surface area contributed by atoms with Crippen molar-refractivity contribution >= 4 is 11.6 Å². The maximum absolute atomic E-state index is 12.3. The van der Waals surface area contributed by atoms with Gasteiger partial charge in [-0.2, -0.15) is 0 Å². The van der Waals surface area contributed by atoms with Crippen molar-refractivity contribution in [1.29, 1.82) is 0 Å². The molecule has 5 heteroatoms. The number of carbonyl (C=O) groups is 1. The van der Waals surface area contributed by atoms with Gasteiger partial charge in [0.05, 0.1) is 0 Å². The van der Waals surface area contributed by atoms with Crippen LogP contribution in [0, 0.1) is 0 Å². The van der Waals surface area contributed by atoms with E-state index in [0.717, 1.165) is 11.3 Å². The number of rotatable bonds is 3. The lowest BCUT2D eigenvalue weighted by Gasteiger charge is -2.18. The fourth-order valence-corrected chi connectivity index (χ4v) is 1.82. The minimum atomic E-state index is -0.317. The van der Waals surface area contributed by atoms with Crippen LogP contribution in [0.3, 0.4) is 0 Å². The molecular formula is C15H16N2O3. The number of aromatic hydroxyl groups is 2. The summed E-state index contributed by atoms with van der Waals surface area (Å²) in [7, 11) is 1.64. The minimum Gasteiger partial charge on any atom is -0.504 e. The van der Waals surface area contributed by atoms with E-state index in [1.165, 1.54) is 23.1 Å². The van der Waals surface area contributed by atoms with Crippen LogP contribution in [0.25, 0.3) is 0 Å². The van der Waals surface area contributed by atoms with E-state index < -0.39 is 0 Å². The number of amides is 1. The minimum absolute atomic E-state index is 0.253. The van der Waals surface area contributed by atoms with E-state index in [4.69, 9.17) is 5.73 Å². The SMILES string of the molecule is CN(C(=O)c1ccc(O)c(O)c1)c1ccc(CN)cc1. The molecule has 0 saturated carbocycles. The van der Waals surface area contributed by atoms with Gasteiger partial charge in [0.25, 0.3) is 5.91 Å². The molecule has 5 nitrogen and oxygen atoms in total. The van der Waals surface area contributed by atoms with E-state index >= 15 is 0 Å². The van der Waals surface area contributed by atoms with Crippen molar-refractivity contribution in [1.82, 2.24) is 0 Å². The van der Waals surface area contributed by atoms with Gasteiger partial charge in [0.2, 0.25) is 0 Å². The zero-order chi connectivity index (χ0) is 14.7. The number of phenolic OH excluding ortho intramolecular Hbond substituents is 2. The van der Waals surface area contributed by atoms with Gasteiger partial charge in [-0.05, 0) is 35.9 Å². The number of nitrogens with two attached hydrogens (primary N) is 1. The lowest BCUT2D eigenvalue weighted by molar-refractivity contribution is 0.0992. The maximum atomic E-state index is 12.3. The third-order valence-electron chi connectivity index (χ3n) is 3.09. The summed E-state index contributed by atoms with van der Waals surface area (Å²) >= 11 is 0. The summed E-state index contributed by atoms with van der Waals surface area (Å²) in [6.45, 7) is 0.448. The maximum Gasteiger partial charge on any atom is 0.258 e. The van der Waals surface area contributed by atoms with Gasteiger partial charge in [-0.25, -0.2) is 0 Å². The van der Waals surface area contributed by atoms with E-state index in [1.807, 2.05) is 12.1 Å². The Hall–Kier alpha value is -2.53. The first-order chi connectivity index (χ1) is 9.52. The van der Waals surface area contributed by atoms with Crippen molar-refractivity contribution in [2.75, 3.05) is 11.9 Å². The van der Waals surface area contributed by atoms with E-state index in [9.17, 15) is 15.0 Å². The summed E-state index contributed by atoms with van der Waals surface area (Å²) < 4.78 is 0. The largest absolute Gasteiger partial charge is 0.504 e. The lowest BCUT2D eigenvalue weighted by Crippen LogP contribution is -2.26. The molecule has 0 spiro atoms. The molecular weight excluding hydrogens is 256 g/mol. The topological polar surface area (TPSA) is 86.8 Å². The second kappa shape index (κ2) is 5.63. The number of hydrogen-bond donors (Lipinski definition) is 3. The van der Waals surface area contributed by atoms with Gasteiger partial charge in [-0.15, -0.1) is 0 Å². The highest BCUT2D eigenvalue weighted by molar-refractivity contribution is 6.06. The smallest absolute Gasteiger partial charge is 0.258 e.